The molecule has 1 rings (SSSR count). The molecule has 0 aliphatic heterocycles. The van der Waals surface area contributed by atoms with Crippen LogP contribution in [0.2, 0.25) is 0 Å². The topological polar surface area (TPSA) is 59.3 Å². The number of alkyl halides is 3. The Bertz CT molecular complexity index is 532. The van der Waals surface area contributed by atoms with E-state index >= 15 is 0 Å². The van der Waals surface area contributed by atoms with Gasteiger partial charge >= 0.3 is 12.1 Å². The average Bonchev–Trinajstić information content (AvgIpc) is 2.35. The van der Waals surface area contributed by atoms with Crippen LogP contribution in [-0.2, 0) is 10.9 Å². The predicted molar refractivity (Wildman–Crippen MR) is 58.7 cm³/mol. The molecule has 0 unspecified atom stereocenters. The maximum atomic E-state index is 12.7. The quantitative estimate of drug-likeness (QED) is 0.794. The zero-order chi connectivity index (χ0) is 14.6. The second-order valence-corrected chi connectivity index (χ2v) is 3.40. The van der Waals surface area contributed by atoms with E-state index < -0.39 is 29.0 Å². The summed E-state index contributed by atoms with van der Waals surface area (Å²) in [6.45, 7) is 1.62. The van der Waals surface area contributed by atoms with Crippen LogP contribution in [0.25, 0.3) is 0 Å². The van der Waals surface area contributed by atoms with Crippen LogP contribution < -0.4 is 4.74 Å². The van der Waals surface area contributed by atoms with E-state index in [1.807, 2.05) is 0 Å². The summed E-state index contributed by atoms with van der Waals surface area (Å²) >= 11 is 0. The smallest absolute Gasteiger partial charge is 0.417 e. The van der Waals surface area contributed by atoms with E-state index in [-0.39, 0.29) is 12.2 Å². The monoisotopic (exact) mass is 273 g/mol. The van der Waals surface area contributed by atoms with Crippen molar-refractivity contribution in [2.75, 3.05) is 13.7 Å². The highest BCUT2D eigenvalue weighted by molar-refractivity contribution is 5.93. The average molecular weight is 273 g/mol. The minimum Gasteiger partial charge on any atom is -0.494 e. The number of hydrogen-bond acceptors (Lipinski definition) is 4. The molecule has 102 valence electrons. The lowest BCUT2D eigenvalue weighted by atomic mass is 10.0. The van der Waals surface area contributed by atoms with Crippen LogP contribution in [0.4, 0.5) is 13.2 Å². The molecule has 0 aliphatic carbocycles. The number of rotatable bonds is 3. The summed E-state index contributed by atoms with van der Waals surface area (Å²) in [6.07, 6.45) is -4.70. The largest absolute Gasteiger partial charge is 0.494 e. The number of hydrogen-bond donors (Lipinski definition) is 0. The van der Waals surface area contributed by atoms with Gasteiger partial charge in [-0.25, -0.2) is 4.79 Å². The molecule has 7 heteroatoms. The lowest BCUT2D eigenvalue weighted by molar-refractivity contribution is -0.137. The highest BCUT2D eigenvalue weighted by Crippen LogP contribution is 2.37. The van der Waals surface area contributed by atoms with Crippen molar-refractivity contribution < 1.29 is 27.4 Å². The first-order valence-electron chi connectivity index (χ1n) is 5.22. The second kappa shape index (κ2) is 5.61. The number of esters is 1. The van der Waals surface area contributed by atoms with Crippen molar-refractivity contribution in [1.29, 1.82) is 5.26 Å². The van der Waals surface area contributed by atoms with Crippen molar-refractivity contribution >= 4 is 5.97 Å². The first-order chi connectivity index (χ1) is 8.86. The molecule has 0 amide bonds. The van der Waals surface area contributed by atoms with Gasteiger partial charge in [0, 0.05) is 0 Å². The molecular formula is C12H10F3NO3. The van der Waals surface area contributed by atoms with Gasteiger partial charge < -0.3 is 9.47 Å². The number of methoxy groups -OCH3 is 1. The van der Waals surface area contributed by atoms with Gasteiger partial charge in [0.1, 0.15) is 17.2 Å². The van der Waals surface area contributed by atoms with Gasteiger partial charge in [0.05, 0.1) is 19.3 Å². The highest BCUT2D eigenvalue weighted by Gasteiger charge is 2.36. The van der Waals surface area contributed by atoms with E-state index in [0.717, 1.165) is 13.2 Å². The summed E-state index contributed by atoms with van der Waals surface area (Å²) in [5.74, 6) is -1.28. The molecule has 0 N–H and O–H groups in total. The molecule has 0 radical (unpaired) electrons. The van der Waals surface area contributed by atoms with Crippen molar-refractivity contribution in [3.05, 3.63) is 28.8 Å². The highest BCUT2D eigenvalue weighted by atomic mass is 19.4. The molecule has 0 saturated carbocycles. The summed E-state index contributed by atoms with van der Waals surface area (Å²) < 4.78 is 47.6. The molecule has 0 aromatic heterocycles. The van der Waals surface area contributed by atoms with E-state index in [1.54, 1.807) is 6.92 Å². The number of nitrogens with zero attached hydrogens (tertiary/aromatic N) is 1. The van der Waals surface area contributed by atoms with Crippen LogP contribution in [0, 0.1) is 11.3 Å². The lowest BCUT2D eigenvalue weighted by Crippen LogP contribution is -2.13. The Morgan fingerprint density at radius 3 is 2.47 bits per heavy atom. The third-order valence-electron chi connectivity index (χ3n) is 2.27. The van der Waals surface area contributed by atoms with E-state index in [1.165, 1.54) is 6.07 Å². The molecule has 0 saturated heterocycles. The zero-order valence-electron chi connectivity index (χ0n) is 10.2. The first-order valence-corrected chi connectivity index (χ1v) is 5.22. The molecule has 1 aromatic carbocycles. The maximum absolute atomic E-state index is 12.7. The van der Waals surface area contributed by atoms with Crippen LogP contribution >= 0.6 is 0 Å². The van der Waals surface area contributed by atoms with E-state index in [4.69, 9.17) is 10.00 Å². The van der Waals surface area contributed by atoms with E-state index in [2.05, 4.69) is 4.74 Å². The minimum atomic E-state index is -4.70. The maximum Gasteiger partial charge on any atom is 0.417 e. The third-order valence-corrected chi connectivity index (χ3v) is 2.27. The Morgan fingerprint density at radius 1 is 1.42 bits per heavy atom. The van der Waals surface area contributed by atoms with Crippen LogP contribution in [0.3, 0.4) is 0 Å². The van der Waals surface area contributed by atoms with Gasteiger partial charge in [0.15, 0.2) is 5.75 Å². The molecule has 0 fully saturated rings. The van der Waals surface area contributed by atoms with Crippen LogP contribution in [0.1, 0.15) is 28.4 Å². The molecule has 0 spiro atoms. The van der Waals surface area contributed by atoms with Crippen LogP contribution in [-0.4, -0.2) is 19.7 Å². The standard InChI is InChI=1S/C12H10F3NO3/c1-3-19-11(17)7-4-5-9(12(13,14)15)8(6-16)10(7)18-2/h4-5H,3H2,1-2H3. The SMILES string of the molecule is CCOC(=O)c1ccc(C(F)(F)F)c(C#N)c1OC. The molecule has 1 aromatic rings. The van der Waals surface area contributed by atoms with Crippen LogP contribution in [0.15, 0.2) is 12.1 Å². The Morgan fingerprint density at radius 2 is 2.05 bits per heavy atom. The molecule has 0 aliphatic rings. The molecule has 4 nitrogen and oxygen atoms in total. The third kappa shape index (κ3) is 2.96. The molecule has 0 bridgehead atoms. The summed E-state index contributed by atoms with van der Waals surface area (Å²) in [4.78, 5) is 11.6. The van der Waals surface area contributed by atoms with Crippen LogP contribution in [0.5, 0.6) is 5.75 Å². The fourth-order valence-corrected chi connectivity index (χ4v) is 1.51. The van der Waals surface area contributed by atoms with Crippen molar-refractivity contribution in [3.8, 4) is 11.8 Å². The number of benzene rings is 1. The fourth-order valence-electron chi connectivity index (χ4n) is 1.51. The van der Waals surface area contributed by atoms with Crippen molar-refractivity contribution in [2.45, 2.75) is 13.1 Å². The van der Waals surface area contributed by atoms with Gasteiger partial charge in [-0.05, 0) is 19.1 Å². The Hall–Kier alpha value is -2.23. The summed E-state index contributed by atoms with van der Waals surface area (Å²) in [5, 5.41) is 8.85. The number of carbonyl (C=O) groups is 1. The number of nitriles is 1. The van der Waals surface area contributed by atoms with E-state index in [9.17, 15) is 18.0 Å². The number of ether oxygens (including phenoxy) is 2. The molecule has 0 atom stereocenters. The van der Waals surface area contributed by atoms with Crippen molar-refractivity contribution in [2.24, 2.45) is 0 Å². The lowest BCUT2D eigenvalue weighted by Gasteiger charge is -2.14. The van der Waals surface area contributed by atoms with Gasteiger partial charge in [-0.1, -0.05) is 0 Å². The minimum absolute atomic E-state index is 0.0604. The fraction of sp³-hybridized carbons (Fsp3) is 0.333. The van der Waals surface area contributed by atoms with Gasteiger partial charge in [-0.2, -0.15) is 18.4 Å². The summed E-state index contributed by atoms with van der Waals surface area (Å²) in [5.41, 5.74) is -2.10. The molecular weight excluding hydrogens is 263 g/mol. The Labute approximate surface area is 107 Å². The van der Waals surface area contributed by atoms with Gasteiger partial charge in [0.25, 0.3) is 0 Å². The molecule has 0 heterocycles. The zero-order valence-corrected chi connectivity index (χ0v) is 10.2. The molecule has 19 heavy (non-hydrogen) atoms. The van der Waals surface area contributed by atoms with E-state index in [0.29, 0.717) is 6.07 Å². The summed E-state index contributed by atoms with van der Waals surface area (Å²) in [6, 6.07) is 3.00. The predicted octanol–water partition coefficient (Wildman–Crippen LogP) is 2.76. The summed E-state index contributed by atoms with van der Waals surface area (Å²) in [7, 11) is 1.08. The van der Waals surface area contributed by atoms with Gasteiger partial charge in [0.2, 0.25) is 0 Å². The first kappa shape index (κ1) is 14.8. The number of carbonyl (C=O) groups excluding carboxylic acids is 1. The van der Waals surface area contributed by atoms with Gasteiger partial charge in [-0.15, -0.1) is 0 Å². The Balaban J connectivity index is 3.49. The van der Waals surface area contributed by atoms with Gasteiger partial charge in [-0.3, -0.25) is 0 Å². The number of halogens is 3. The second-order valence-electron chi connectivity index (χ2n) is 3.40. The Kier molecular flexibility index (Phi) is 4.38. The van der Waals surface area contributed by atoms with Crippen molar-refractivity contribution in [1.82, 2.24) is 0 Å². The van der Waals surface area contributed by atoms with Crippen molar-refractivity contribution in [3.63, 3.8) is 0 Å². The normalized spacial score (nSPS) is 10.7.